The van der Waals surface area contributed by atoms with Crippen LogP contribution >= 0.6 is 82.6 Å². The van der Waals surface area contributed by atoms with Crippen molar-refractivity contribution in [2.75, 3.05) is 0 Å². The smallest absolute Gasteiger partial charge is 0.200 e. The van der Waals surface area contributed by atoms with Crippen molar-refractivity contribution in [2.45, 2.75) is 0 Å². The Morgan fingerprint density at radius 1 is 0.635 bits per heavy atom. The van der Waals surface area contributed by atoms with E-state index in [9.17, 15) is 18.8 Å². The highest BCUT2D eigenvalue weighted by Crippen LogP contribution is 2.33. The van der Waals surface area contributed by atoms with Crippen LogP contribution in [0.3, 0.4) is 0 Å². The Bertz CT molecular complexity index is 2410. The number of aromatic hydroxyl groups is 1. The molecule has 0 aliphatic carbocycles. The molecule has 6 aromatic carbocycles. The van der Waals surface area contributed by atoms with Crippen LogP contribution in [0.2, 0.25) is 15.1 Å². The van der Waals surface area contributed by atoms with E-state index in [-0.39, 0.29) is 16.0 Å². The number of halogens is 7. The zero-order chi connectivity index (χ0) is 37.8. The lowest BCUT2D eigenvalue weighted by Crippen LogP contribution is -2.01. The van der Waals surface area contributed by atoms with E-state index in [1.807, 2.05) is 24.3 Å². The molecule has 1 N–H and O–H groups in total. The minimum Gasteiger partial charge on any atom is -0.508 e. The molecule has 0 spiro atoms. The van der Waals surface area contributed by atoms with Crippen LogP contribution in [0.4, 0.5) is 4.39 Å². The van der Waals surface area contributed by atoms with Gasteiger partial charge >= 0.3 is 0 Å². The van der Waals surface area contributed by atoms with Gasteiger partial charge in [-0.05, 0) is 91.0 Å². The van der Waals surface area contributed by atoms with Crippen molar-refractivity contribution in [3.05, 3.63) is 177 Å². The van der Waals surface area contributed by atoms with Crippen molar-refractivity contribution in [3.8, 4) is 17.2 Å². The standard InChI is InChI=1S/C13H6BrClO2.C13H8BrClO2.C7H4ClFO.C6H5BrO/c14-7-4-5-8-11(6-7)17-13-9(12(8)16)2-1-3-10(13)15;14-10-4-2-5-11(7-10)17-13-9(8-16)3-1-6-12(13)15;8-6-3-1-2-5(4-10)7(6)9;7-5-2-1-3-6(8)4-5/h1-6H;1-8H;1-4H;1-4,8H. The summed E-state index contributed by atoms with van der Waals surface area (Å²) in [5.74, 6) is 0.636. The molecule has 0 amide bonds. The van der Waals surface area contributed by atoms with Gasteiger partial charge in [0.2, 0.25) is 5.43 Å². The number of ether oxygens (including phenoxy) is 1. The summed E-state index contributed by atoms with van der Waals surface area (Å²) in [6.45, 7) is 0. The zero-order valence-electron chi connectivity index (χ0n) is 26.3. The number of carbonyl (C=O) groups is 2. The molecule has 6 nitrogen and oxygen atoms in total. The van der Waals surface area contributed by atoms with Crippen LogP contribution in [0.15, 0.2) is 144 Å². The Labute approximate surface area is 337 Å². The second-order valence-corrected chi connectivity index (χ2v) is 14.2. The van der Waals surface area contributed by atoms with Crippen LogP contribution in [-0.2, 0) is 0 Å². The van der Waals surface area contributed by atoms with Gasteiger partial charge in [-0.3, -0.25) is 14.4 Å². The fourth-order valence-corrected chi connectivity index (χ4v) is 6.00. The topological polar surface area (TPSA) is 93.8 Å². The van der Waals surface area contributed by atoms with Crippen LogP contribution in [-0.4, -0.2) is 17.7 Å². The largest absolute Gasteiger partial charge is 0.508 e. The molecule has 0 saturated heterocycles. The Kier molecular flexibility index (Phi) is 15.4. The molecule has 0 radical (unpaired) electrons. The number of phenolic OH excluding ortho intramolecular Hbond substituents is 1. The van der Waals surface area contributed by atoms with Crippen molar-refractivity contribution in [3.63, 3.8) is 0 Å². The number of phenols is 1. The third kappa shape index (κ3) is 11.2. The quantitative estimate of drug-likeness (QED) is 0.140. The average molecular weight is 953 g/mol. The number of carbonyl (C=O) groups excluding carboxylic acids is 2. The van der Waals surface area contributed by atoms with Gasteiger partial charge in [0.25, 0.3) is 0 Å². The maximum Gasteiger partial charge on any atom is 0.200 e. The second kappa shape index (κ2) is 19.7. The van der Waals surface area contributed by atoms with Gasteiger partial charge < -0.3 is 14.3 Å². The second-order valence-electron chi connectivity index (χ2n) is 10.3. The van der Waals surface area contributed by atoms with Gasteiger partial charge in [0.15, 0.2) is 29.7 Å². The lowest BCUT2D eigenvalue weighted by atomic mass is 10.1. The Balaban J connectivity index is 0.000000162. The Morgan fingerprint density at radius 3 is 1.83 bits per heavy atom. The lowest BCUT2D eigenvalue weighted by molar-refractivity contribution is 0.111. The molecule has 0 aliphatic rings. The Hall–Kier alpha value is -4.03. The van der Waals surface area contributed by atoms with Gasteiger partial charge in [-0.15, -0.1) is 0 Å². The van der Waals surface area contributed by atoms with Gasteiger partial charge in [0.1, 0.15) is 17.1 Å². The van der Waals surface area contributed by atoms with E-state index in [2.05, 4.69) is 47.8 Å². The molecule has 1 heterocycles. The van der Waals surface area contributed by atoms with Crippen molar-refractivity contribution < 1.29 is 28.2 Å². The van der Waals surface area contributed by atoms with Crippen molar-refractivity contribution in [1.82, 2.24) is 0 Å². The minimum atomic E-state index is -0.654. The first-order valence-corrected chi connectivity index (χ1v) is 18.2. The molecule has 0 bridgehead atoms. The number of fused-ring (bicyclic) bond motifs is 2. The molecule has 0 fully saturated rings. The SMILES string of the molecule is O=Cc1cccc(Cl)c1F.O=Cc1cccc(Cl)c1Oc1cccc(Br)c1.O=c1c2ccc(Br)cc2oc2c(Cl)cccc12.Oc1cccc(Br)c1. The minimum absolute atomic E-state index is 0.00694. The predicted molar refractivity (Wildman–Crippen MR) is 216 cm³/mol. The van der Waals surface area contributed by atoms with Crippen LogP contribution < -0.4 is 10.2 Å². The summed E-state index contributed by atoms with van der Waals surface area (Å²) >= 11 is 27.3. The number of hydrogen-bond donors (Lipinski definition) is 1. The molecule has 1 aromatic heterocycles. The highest BCUT2D eigenvalue weighted by molar-refractivity contribution is 9.11. The van der Waals surface area contributed by atoms with Gasteiger partial charge in [-0.1, -0.05) is 113 Å². The summed E-state index contributed by atoms with van der Waals surface area (Å²) in [7, 11) is 0. The summed E-state index contributed by atoms with van der Waals surface area (Å²) in [4.78, 5) is 33.2. The van der Waals surface area contributed by atoms with E-state index in [0.717, 1.165) is 19.7 Å². The van der Waals surface area contributed by atoms with Crippen LogP contribution in [0.5, 0.6) is 17.2 Å². The molecule has 7 rings (SSSR count). The fourth-order valence-electron chi connectivity index (χ4n) is 4.28. The molecular weight excluding hydrogens is 929 g/mol. The van der Waals surface area contributed by atoms with Gasteiger partial charge in [-0.25, -0.2) is 4.39 Å². The first-order valence-electron chi connectivity index (χ1n) is 14.7. The summed E-state index contributed by atoms with van der Waals surface area (Å²) in [6, 6.07) is 34.1. The zero-order valence-corrected chi connectivity index (χ0v) is 33.4. The number of hydrogen-bond acceptors (Lipinski definition) is 6. The summed E-state index contributed by atoms with van der Waals surface area (Å²) < 4.78 is 26.6. The third-order valence-corrected chi connectivity index (χ3v) is 9.04. The number of rotatable bonds is 4. The van der Waals surface area contributed by atoms with E-state index in [0.29, 0.717) is 61.1 Å². The normalized spacial score (nSPS) is 10.1. The predicted octanol–water partition coefficient (Wildman–Crippen LogP) is 13.5. The summed E-state index contributed by atoms with van der Waals surface area (Å²) in [5, 5.41) is 10.7. The van der Waals surface area contributed by atoms with Crippen molar-refractivity contribution >= 4 is 117 Å². The van der Waals surface area contributed by atoms with Crippen molar-refractivity contribution in [2.24, 2.45) is 0 Å². The summed E-state index contributed by atoms with van der Waals surface area (Å²) in [6.07, 6.45) is 1.15. The molecule has 13 heteroatoms. The third-order valence-electron chi connectivity index (χ3n) is 6.67. The first-order chi connectivity index (χ1) is 24.9. The lowest BCUT2D eigenvalue weighted by Gasteiger charge is -2.09. The van der Waals surface area contributed by atoms with E-state index in [1.165, 1.54) is 18.2 Å². The molecule has 0 atom stereocenters. The molecule has 0 aliphatic heterocycles. The van der Waals surface area contributed by atoms with E-state index in [1.54, 1.807) is 78.9 Å². The highest BCUT2D eigenvalue weighted by Gasteiger charge is 2.11. The van der Waals surface area contributed by atoms with Crippen molar-refractivity contribution in [1.29, 1.82) is 0 Å². The van der Waals surface area contributed by atoms with Gasteiger partial charge in [0.05, 0.1) is 37.0 Å². The monoisotopic (exact) mass is 948 g/mol. The van der Waals surface area contributed by atoms with Crippen LogP contribution in [0.1, 0.15) is 20.7 Å². The molecule has 52 heavy (non-hydrogen) atoms. The Morgan fingerprint density at radius 2 is 1.21 bits per heavy atom. The van der Waals surface area contributed by atoms with Crippen LogP contribution in [0, 0.1) is 5.82 Å². The summed E-state index contributed by atoms with van der Waals surface area (Å²) in [5.41, 5.74) is 1.33. The van der Waals surface area contributed by atoms with Gasteiger partial charge in [0, 0.05) is 13.4 Å². The molecule has 0 saturated carbocycles. The van der Waals surface area contributed by atoms with E-state index >= 15 is 0 Å². The maximum absolute atomic E-state index is 12.6. The average Bonchev–Trinajstić information content (AvgIpc) is 3.12. The number of aldehydes is 2. The molecular formula is C39H23Br3Cl3FO6. The highest BCUT2D eigenvalue weighted by atomic mass is 79.9. The first kappa shape index (κ1) is 40.7. The van der Waals surface area contributed by atoms with Crippen LogP contribution in [0.25, 0.3) is 21.9 Å². The fraction of sp³-hybridized carbons (Fsp3) is 0. The molecule has 264 valence electrons. The number of benzene rings is 6. The maximum atomic E-state index is 12.6. The number of para-hydroxylation sites is 2. The van der Waals surface area contributed by atoms with E-state index < -0.39 is 5.82 Å². The van der Waals surface area contributed by atoms with Gasteiger partial charge in [-0.2, -0.15) is 0 Å². The molecule has 0 unspecified atom stereocenters. The van der Waals surface area contributed by atoms with E-state index in [4.69, 9.17) is 49.1 Å². The molecule has 7 aromatic rings.